The highest BCUT2D eigenvalue weighted by atomic mass is 28.4. The van der Waals surface area contributed by atoms with Crippen molar-refractivity contribution in [1.29, 1.82) is 0 Å². The van der Waals surface area contributed by atoms with E-state index in [1.807, 2.05) is 0 Å². The molecule has 6 heteroatoms. The van der Waals surface area contributed by atoms with Gasteiger partial charge in [0.15, 0.2) is 0 Å². The van der Waals surface area contributed by atoms with Gasteiger partial charge in [-0.15, -0.1) is 0 Å². The van der Waals surface area contributed by atoms with Crippen molar-refractivity contribution < 1.29 is 17.8 Å². The van der Waals surface area contributed by atoms with Gasteiger partial charge in [-0.2, -0.15) is 0 Å². The van der Waals surface area contributed by atoms with Gasteiger partial charge in [-0.05, 0) is 6.42 Å². The largest absolute Gasteiger partial charge is 0.521 e. The first-order valence-corrected chi connectivity index (χ1v) is 15.7. The van der Waals surface area contributed by atoms with E-state index in [0.29, 0.717) is 0 Å². The van der Waals surface area contributed by atoms with E-state index in [-0.39, 0.29) is 0 Å². The SMILES string of the molecule is CCCCCCCCCCCCCCCCCCC(N)(CC[N+](C)(C)C)[Si](OC)(OC)OC. The molecule has 0 aliphatic carbocycles. The lowest BCUT2D eigenvalue weighted by atomic mass is 10.0. The van der Waals surface area contributed by atoms with Gasteiger partial charge in [0.05, 0.1) is 32.8 Å². The van der Waals surface area contributed by atoms with Crippen molar-refractivity contribution in [3.05, 3.63) is 0 Å². The van der Waals surface area contributed by atoms with E-state index in [0.717, 1.165) is 30.3 Å². The molecule has 0 saturated carbocycles. The molecule has 0 amide bonds. The molecule has 33 heavy (non-hydrogen) atoms. The van der Waals surface area contributed by atoms with Crippen LogP contribution in [0.3, 0.4) is 0 Å². The zero-order valence-corrected chi connectivity index (χ0v) is 24.7. The number of hydrogen-bond donors (Lipinski definition) is 1. The average molecular weight is 490 g/mol. The molecule has 0 heterocycles. The molecule has 0 fully saturated rings. The van der Waals surface area contributed by atoms with Crippen LogP contribution in [0.1, 0.15) is 122 Å². The Morgan fingerprint density at radius 1 is 0.576 bits per heavy atom. The predicted octanol–water partition coefficient (Wildman–Crippen LogP) is 6.85. The van der Waals surface area contributed by atoms with E-state index >= 15 is 0 Å². The summed E-state index contributed by atoms with van der Waals surface area (Å²) >= 11 is 0. The molecule has 0 aliphatic heterocycles. The van der Waals surface area contributed by atoms with E-state index in [2.05, 4.69) is 28.1 Å². The summed E-state index contributed by atoms with van der Waals surface area (Å²) < 4.78 is 18.3. The van der Waals surface area contributed by atoms with Crippen molar-refractivity contribution >= 4 is 8.80 Å². The van der Waals surface area contributed by atoms with Crippen LogP contribution in [-0.2, 0) is 13.3 Å². The van der Waals surface area contributed by atoms with Crippen LogP contribution in [0.2, 0.25) is 0 Å². The summed E-state index contributed by atoms with van der Waals surface area (Å²) in [5, 5.41) is -0.535. The van der Waals surface area contributed by atoms with Crippen molar-refractivity contribution in [2.24, 2.45) is 5.73 Å². The Balaban J connectivity index is 4.00. The zero-order chi connectivity index (χ0) is 25.1. The first-order chi connectivity index (χ1) is 15.7. The maximum atomic E-state index is 6.95. The van der Waals surface area contributed by atoms with Crippen molar-refractivity contribution in [2.45, 2.75) is 128 Å². The third-order valence-electron chi connectivity index (χ3n) is 7.12. The van der Waals surface area contributed by atoms with E-state index < -0.39 is 14.0 Å². The zero-order valence-electron chi connectivity index (χ0n) is 23.7. The van der Waals surface area contributed by atoms with Gasteiger partial charge >= 0.3 is 8.80 Å². The van der Waals surface area contributed by atoms with Crippen LogP contribution in [-0.4, -0.2) is 67.5 Å². The maximum Gasteiger partial charge on any atom is 0.521 e. The molecule has 0 bridgehead atoms. The minimum absolute atomic E-state index is 0.535. The van der Waals surface area contributed by atoms with Crippen LogP contribution in [0.5, 0.6) is 0 Å². The summed E-state index contributed by atoms with van der Waals surface area (Å²) in [5.41, 5.74) is 6.95. The molecular formula is C27H61N2O3Si+. The van der Waals surface area contributed by atoms with Crippen molar-refractivity contribution in [2.75, 3.05) is 49.0 Å². The Hall–Kier alpha value is 0.0169. The topological polar surface area (TPSA) is 53.7 Å². The molecule has 0 aromatic rings. The van der Waals surface area contributed by atoms with Crippen LogP contribution < -0.4 is 5.73 Å². The number of nitrogens with zero attached hydrogens (tertiary/aromatic N) is 1. The standard InChI is InChI=1S/C27H61N2O3Si/c1-8-9-10-11-12-13-14-15-16-17-18-19-20-21-22-23-24-27(28,25-26-29(2,3)4)33(30-5,31-6)32-7/h8-26,28H2,1-7H3/q+1. The molecule has 0 aromatic carbocycles. The number of quaternary nitrogens is 1. The molecular weight excluding hydrogens is 428 g/mol. The van der Waals surface area contributed by atoms with Crippen LogP contribution in [0.4, 0.5) is 0 Å². The van der Waals surface area contributed by atoms with E-state index in [1.165, 1.54) is 96.3 Å². The average Bonchev–Trinajstić information content (AvgIpc) is 2.78. The lowest BCUT2D eigenvalue weighted by Gasteiger charge is -2.42. The second kappa shape index (κ2) is 19.2. The van der Waals surface area contributed by atoms with Crippen LogP contribution >= 0.6 is 0 Å². The highest BCUT2D eigenvalue weighted by Gasteiger charge is 2.57. The second-order valence-electron chi connectivity index (χ2n) is 11.1. The molecule has 0 radical (unpaired) electrons. The number of nitrogens with two attached hydrogens (primary N) is 1. The first-order valence-electron chi connectivity index (χ1n) is 13.9. The van der Waals surface area contributed by atoms with Crippen molar-refractivity contribution in [3.8, 4) is 0 Å². The van der Waals surface area contributed by atoms with Gasteiger partial charge in [0.2, 0.25) is 0 Å². The Labute approximate surface area is 209 Å². The highest BCUT2D eigenvalue weighted by molar-refractivity contribution is 6.64. The smallest absolute Gasteiger partial charge is 0.376 e. The van der Waals surface area contributed by atoms with Gasteiger partial charge < -0.3 is 23.5 Å². The number of unbranched alkanes of at least 4 members (excludes halogenated alkanes) is 15. The first kappa shape index (κ1) is 33.0. The minimum Gasteiger partial charge on any atom is -0.376 e. The molecule has 1 atom stereocenters. The quantitative estimate of drug-likeness (QED) is 0.0915. The van der Waals surface area contributed by atoms with Crippen molar-refractivity contribution in [1.82, 2.24) is 0 Å². The summed E-state index contributed by atoms with van der Waals surface area (Å²) in [6.07, 6.45) is 23.7. The summed E-state index contributed by atoms with van der Waals surface area (Å²) in [6.45, 7) is 3.26. The lowest BCUT2D eigenvalue weighted by Crippen LogP contribution is -2.69. The molecule has 0 saturated heterocycles. The van der Waals surface area contributed by atoms with Crippen LogP contribution in [0.25, 0.3) is 0 Å². The van der Waals surface area contributed by atoms with Crippen LogP contribution in [0, 0.1) is 0 Å². The van der Waals surface area contributed by atoms with Gasteiger partial charge in [-0.25, -0.2) is 0 Å². The highest BCUT2D eigenvalue weighted by Crippen LogP contribution is 2.30. The van der Waals surface area contributed by atoms with E-state index in [9.17, 15) is 0 Å². The maximum absolute atomic E-state index is 6.95. The summed E-state index contributed by atoms with van der Waals surface area (Å²) in [4.78, 5) is 0. The van der Waals surface area contributed by atoms with Gasteiger partial charge in [-0.3, -0.25) is 0 Å². The molecule has 0 rings (SSSR count). The Morgan fingerprint density at radius 3 is 1.21 bits per heavy atom. The number of hydrogen-bond acceptors (Lipinski definition) is 4. The Bertz CT molecular complexity index is 433. The molecule has 0 aliphatic rings. The third kappa shape index (κ3) is 14.9. The van der Waals surface area contributed by atoms with E-state index in [1.54, 1.807) is 21.3 Å². The lowest BCUT2D eigenvalue weighted by molar-refractivity contribution is -0.870. The fourth-order valence-corrected chi connectivity index (χ4v) is 7.43. The van der Waals surface area contributed by atoms with Crippen molar-refractivity contribution in [3.63, 3.8) is 0 Å². The molecule has 0 spiro atoms. The fraction of sp³-hybridized carbons (Fsp3) is 1.00. The fourth-order valence-electron chi connectivity index (χ4n) is 4.81. The van der Waals surface area contributed by atoms with Gasteiger partial charge in [0, 0.05) is 27.8 Å². The van der Waals surface area contributed by atoms with Gasteiger partial charge in [-0.1, -0.05) is 110 Å². The van der Waals surface area contributed by atoms with Gasteiger partial charge in [0.25, 0.3) is 0 Å². The monoisotopic (exact) mass is 489 g/mol. The molecule has 0 aromatic heterocycles. The third-order valence-corrected chi connectivity index (χ3v) is 10.5. The van der Waals surface area contributed by atoms with Crippen LogP contribution in [0.15, 0.2) is 0 Å². The summed E-state index contributed by atoms with van der Waals surface area (Å²) in [5.74, 6) is 0. The Kier molecular flexibility index (Phi) is 19.2. The van der Waals surface area contributed by atoms with E-state index in [4.69, 9.17) is 19.0 Å². The Morgan fingerprint density at radius 2 is 0.909 bits per heavy atom. The predicted molar refractivity (Wildman–Crippen MR) is 145 cm³/mol. The summed E-state index contributed by atoms with van der Waals surface area (Å²) in [7, 11) is 8.73. The van der Waals surface area contributed by atoms with Gasteiger partial charge in [0.1, 0.15) is 0 Å². The summed E-state index contributed by atoms with van der Waals surface area (Å²) in [6, 6.07) is 0. The molecule has 5 nitrogen and oxygen atoms in total. The molecule has 200 valence electrons. The molecule has 2 N–H and O–H groups in total. The molecule has 1 unspecified atom stereocenters. The second-order valence-corrected chi connectivity index (χ2v) is 14.5. The number of rotatable bonds is 24. The minimum atomic E-state index is -2.91. The normalized spacial score (nSPS) is 14.5.